The minimum absolute atomic E-state index is 1.11. The van der Waals surface area contributed by atoms with Crippen molar-refractivity contribution in [2.75, 3.05) is 0 Å². The average Bonchev–Trinajstić information content (AvgIpc) is 4.01. The minimum Gasteiger partial charge on any atom is -0.0686 e. The van der Waals surface area contributed by atoms with Crippen LogP contribution in [0.5, 0.6) is 0 Å². The van der Waals surface area contributed by atoms with Gasteiger partial charge in [0.1, 0.15) is 0 Å². The van der Waals surface area contributed by atoms with E-state index in [0.29, 0.717) is 0 Å². The quantitative estimate of drug-likeness (QED) is 0.140. The van der Waals surface area contributed by atoms with Crippen LogP contribution in [0.2, 0.25) is 0 Å². The van der Waals surface area contributed by atoms with Crippen molar-refractivity contribution >= 4 is 56.6 Å². The Morgan fingerprint density at radius 2 is 0.518 bits per heavy atom. The lowest BCUT2D eigenvalue weighted by Crippen LogP contribution is -1.87. The fourth-order valence-electron chi connectivity index (χ4n) is 11.1. The first-order valence-corrected chi connectivity index (χ1v) is 20.9. The molecule has 0 radical (unpaired) electrons. The largest absolute Gasteiger partial charge is 0.0686 e. The van der Waals surface area contributed by atoms with Crippen LogP contribution in [0.4, 0.5) is 0 Å². The third-order valence-corrected chi connectivity index (χ3v) is 13.5. The summed E-state index contributed by atoms with van der Waals surface area (Å²) in [7, 11) is 0. The van der Waals surface area contributed by atoms with Crippen LogP contribution in [0.3, 0.4) is 0 Å². The summed E-state index contributed by atoms with van der Waals surface area (Å²) in [4.78, 5) is 0. The highest BCUT2D eigenvalue weighted by Gasteiger charge is 2.35. The van der Waals surface area contributed by atoms with E-state index in [1.165, 1.54) is 125 Å². The van der Waals surface area contributed by atoms with E-state index in [1.54, 1.807) is 44.6 Å². The van der Waals surface area contributed by atoms with E-state index in [9.17, 15) is 0 Å². The van der Waals surface area contributed by atoms with Crippen molar-refractivity contribution in [3.05, 3.63) is 184 Å². The molecule has 0 N–H and O–H groups in total. The van der Waals surface area contributed by atoms with E-state index in [2.05, 4.69) is 139 Å². The molecule has 8 aliphatic rings. The molecule has 0 atom stereocenters. The van der Waals surface area contributed by atoms with Gasteiger partial charge < -0.3 is 0 Å². The molecule has 0 amide bonds. The Bertz CT molecular complexity index is 2780. The Morgan fingerprint density at radius 1 is 0.250 bits per heavy atom. The van der Waals surface area contributed by atoms with Gasteiger partial charge in [-0.25, -0.2) is 0 Å². The molecule has 13 rings (SSSR count). The molecule has 0 aromatic heterocycles. The Kier molecular flexibility index (Phi) is 7.57. The topological polar surface area (TPSA) is 0 Å². The summed E-state index contributed by atoms with van der Waals surface area (Å²) in [5.74, 6) is 0. The molecule has 8 aliphatic carbocycles. The SMILES string of the molecule is CC1=CC2=C(C1)C1=C(C2)C2=C(C=C(C)C2)C1.CC1=Cc2cc3cc4c(cc3cc2C1)C=C(C)C4.CC1=Cc2cc3cc4cc5c(cc4cc3cc2C1)C=C(C)C5. The van der Waals surface area contributed by atoms with Crippen molar-refractivity contribution in [3.63, 3.8) is 0 Å². The van der Waals surface area contributed by atoms with E-state index in [-0.39, 0.29) is 0 Å². The average molecular weight is 723 g/mol. The van der Waals surface area contributed by atoms with Crippen LogP contribution in [0.1, 0.15) is 112 Å². The Balaban J connectivity index is 0.0000000986. The lowest BCUT2D eigenvalue weighted by atomic mass is 9.96. The van der Waals surface area contributed by atoms with Crippen LogP contribution in [0.15, 0.2) is 140 Å². The number of hydrogen-bond acceptors (Lipinski definition) is 0. The summed E-state index contributed by atoms with van der Waals surface area (Å²) in [5, 5.41) is 8.24. The molecular formula is C56H50. The van der Waals surface area contributed by atoms with E-state index < -0.39 is 0 Å². The maximum Gasteiger partial charge on any atom is -0.00169 e. The number of rotatable bonds is 0. The Labute approximate surface area is 332 Å². The lowest BCUT2D eigenvalue weighted by Gasteiger charge is -2.08. The third kappa shape index (κ3) is 5.72. The van der Waals surface area contributed by atoms with Crippen molar-refractivity contribution in [2.45, 2.75) is 92.9 Å². The first-order chi connectivity index (χ1) is 27.1. The summed E-state index contributed by atoms with van der Waals surface area (Å²) in [6, 6.07) is 23.7. The predicted molar refractivity (Wildman–Crippen MR) is 242 cm³/mol. The zero-order chi connectivity index (χ0) is 38.0. The van der Waals surface area contributed by atoms with E-state index in [1.807, 2.05) is 0 Å². The van der Waals surface area contributed by atoms with Crippen molar-refractivity contribution in [2.24, 2.45) is 0 Å². The number of benzene rings is 5. The number of hydrogen-bond donors (Lipinski definition) is 0. The molecule has 56 heavy (non-hydrogen) atoms. The number of allylic oxidation sites excluding steroid dienone is 14. The normalized spacial score (nSPS) is 19.1. The van der Waals surface area contributed by atoms with Gasteiger partial charge in [-0.15, -0.1) is 0 Å². The monoisotopic (exact) mass is 722 g/mol. The van der Waals surface area contributed by atoms with E-state index in [4.69, 9.17) is 0 Å². The molecule has 0 heterocycles. The summed E-state index contributed by atoms with van der Waals surface area (Å²) in [6.45, 7) is 13.4. The zero-order valence-corrected chi connectivity index (χ0v) is 33.9. The summed E-state index contributed by atoms with van der Waals surface area (Å²) >= 11 is 0. The highest BCUT2D eigenvalue weighted by Crippen LogP contribution is 2.53. The van der Waals surface area contributed by atoms with Crippen molar-refractivity contribution in [1.82, 2.24) is 0 Å². The molecule has 0 spiro atoms. The molecule has 0 unspecified atom stereocenters. The van der Waals surface area contributed by atoms with Gasteiger partial charge in [0.15, 0.2) is 0 Å². The Hall–Kier alpha value is -5.46. The van der Waals surface area contributed by atoms with Gasteiger partial charge in [-0.05, 0) is 240 Å². The van der Waals surface area contributed by atoms with Crippen LogP contribution in [-0.2, 0) is 25.7 Å². The van der Waals surface area contributed by atoms with Gasteiger partial charge in [0.05, 0.1) is 0 Å². The van der Waals surface area contributed by atoms with Gasteiger partial charge in [-0.2, -0.15) is 0 Å². The summed E-state index contributed by atoms with van der Waals surface area (Å²) in [6.07, 6.45) is 23.5. The van der Waals surface area contributed by atoms with Gasteiger partial charge in [-0.3, -0.25) is 0 Å². The van der Waals surface area contributed by atoms with Crippen molar-refractivity contribution < 1.29 is 0 Å². The van der Waals surface area contributed by atoms with Crippen molar-refractivity contribution in [1.29, 1.82) is 0 Å². The van der Waals surface area contributed by atoms with Crippen LogP contribution in [0, 0.1) is 0 Å². The third-order valence-electron chi connectivity index (χ3n) is 13.5. The van der Waals surface area contributed by atoms with Gasteiger partial charge in [-0.1, -0.05) is 94.2 Å². The maximum absolute atomic E-state index is 2.42. The van der Waals surface area contributed by atoms with Crippen LogP contribution >= 0.6 is 0 Å². The summed E-state index contributed by atoms with van der Waals surface area (Å²) in [5.41, 5.74) is 30.5. The number of fused-ring (bicyclic) bond motifs is 9. The second-order valence-electron chi connectivity index (χ2n) is 18.4. The fourth-order valence-corrected chi connectivity index (χ4v) is 11.1. The molecule has 5 aromatic rings. The first-order valence-electron chi connectivity index (χ1n) is 20.9. The maximum atomic E-state index is 2.42. The standard InChI is InChI=1S/C22H18.C18H16.C16H16/c1-13-3-15-7-19-11-21-9-17-5-14(2)6-18(17)10-22(21)12-20(19)8-16(15)4-13;1-11-3-13-7-17-9-15-5-12(2)6-16(15)10-18(17)8-14(13)4-11;1-9-3-11-7-16-14-6-10(2)4-12(14)8-15(16)13(11)5-9/h3,6-12H,4-5H2,1-2H3;3,6-10H,4-5H2,1-2H3;3-4H,5-8H2,1-2H3. The van der Waals surface area contributed by atoms with Gasteiger partial charge in [0.25, 0.3) is 0 Å². The van der Waals surface area contributed by atoms with Crippen molar-refractivity contribution in [3.8, 4) is 0 Å². The van der Waals surface area contributed by atoms with Crippen LogP contribution in [0.25, 0.3) is 56.6 Å². The molecule has 0 fully saturated rings. The molecule has 0 nitrogen and oxygen atoms in total. The molecule has 0 aliphatic heterocycles. The van der Waals surface area contributed by atoms with Crippen LogP contribution in [-0.4, -0.2) is 0 Å². The second kappa shape index (κ2) is 12.5. The molecule has 0 saturated heterocycles. The molecular weight excluding hydrogens is 673 g/mol. The molecule has 0 heteroatoms. The van der Waals surface area contributed by atoms with Gasteiger partial charge >= 0.3 is 0 Å². The molecule has 5 aromatic carbocycles. The van der Waals surface area contributed by atoms with E-state index in [0.717, 1.165) is 25.7 Å². The first kappa shape index (κ1) is 33.8. The molecule has 0 bridgehead atoms. The smallest absolute Gasteiger partial charge is 0.00169 e. The second-order valence-corrected chi connectivity index (χ2v) is 18.4. The predicted octanol–water partition coefficient (Wildman–Crippen LogP) is 15.1. The van der Waals surface area contributed by atoms with Gasteiger partial charge in [0.2, 0.25) is 0 Å². The minimum atomic E-state index is 1.11. The van der Waals surface area contributed by atoms with Gasteiger partial charge in [0, 0.05) is 0 Å². The Morgan fingerprint density at radius 3 is 0.839 bits per heavy atom. The molecule has 274 valence electrons. The fraction of sp³-hybridized carbons (Fsp3) is 0.250. The van der Waals surface area contributed by atoms with Crippen LogP contribution < -0.4 is 0 Å². The molecule has 0 saturated carbocycles. The lowest BCUT2D eigenvalue weighted by molar-refractivity contribution is 1.09. The van der Waals surface area contributed by atoms with E-state index >= 15 is 0 Å². The summed E-state index contributed by atoms with van der Waals surface area (Å²) < 4.78 is 0. The highest BCUT2D eigenvalue weighted by atomic mass is 14.4. The zero-order valence-electron chi connectivity index (χ0n) is 33.9. The highest BCUT2D eigenvalue weighted by molar-refractivity contribution is 6.01.